The molecule has 228 valence electrons. The molecule has 4 nitrogen and oxygen atoms in total. The summed E-state index contributed by atoms with van der Waals surface area (Å²) in [7, 11) is 0. The van der Waals surface area contributed by atoms with Crippen LogP contribution in [0, 0.1) is 0 Å². The first-order chi connectivity index (χ1) is 22.0. The summed E-state index contributed by atoms with van der Waals surface area (Å²) in [5.74, 6) is 9.76. The van der Waals surface area contributed by atoms with E-state index in [-0.39, 0.29) is 5.41 Å². The van der Waals surface area contributed by atoms with Gasteiger partial charge >= 0.3 is 224 Å². The average molecular weight is 662 g/mol. The molecule has 0 radical (unpaired) electrons. The van der Waals surface area contributed by atoms with E-state index in [0.29, 0.717) is 0 Å². The first-order valence-corrected chi connectivity index (χ1v) is 23.2. The van der Waals surface area contributed by atoms with E-state index in [1.807, 2.05) is 24.5 Å². The molecule has 3 aromatic heterocycles. The average Bonchev–Trinajstić information content (AvgIpc) is 3.37. The number of benzene rings is 4. The van der Waals surface area contributed by atoms with Crippen LogP contribution in [0.2, 0.25) is 17.3 Å². The number of rotatable bonds is 6. The van der Waals surface area contributed by atoms with Crippen LogP contribution < -0.4 is 9.13 Å². The predicted molar refractivity (Wildman–Crippen MR) is 195 cm³/mol. The predicted octanol–water partition coefficient (Wildman–Crippen LogP) is 10.5. The Bertz CT molecular complexity index is 2190. The Morgan fingerprint density at radius 1 is 0.587 bits per heavy atom. The molecule has 0 amide bonds. The standard InChI is InChI=1S/C41H39GeN3O/c1-41(2,3)31-19-21-44-40(25-31)45-38-18-15-29(28-12-8-7-9-13-28)24-36(38)35-17-16-33(27-39(35)45)46-34-23-30(37-14-10-11-20-43-37)22-32(26-34)42(4,5)6/h7-27H,1-6H3. The molecule has 3 heterocycles. The summed E-state index contributed by atoms with van der Waals surface area (Å²) >= 11 is -2.19. The molecule has 0 bridgehead atoms. The number of hydrogen-bond acceptors (Lipinski definition) is 3. The molecule has 5 heteroatoms. The Morgan fingerprint density at radius 2 is 1.39 bits per heavy atom. The van der Waals surface area contributed by atoms with Crippen LogP contribution in [0.5, 0.6) is 11.5 Å². The first kappa shape index (κ1) is 30.0. The summed E-state index contributed by atoms with van der Waals surface area (Å²) in [6.07, 6.45) is 3.77. The van der Waals surface area contributed by atoms with Crippen molar-refractivity contribution in [2.24, 2.45) is 0 Å². The third-order valence-corrected chi connectivity index (χ3v) is 12.9. The van der Waals surface area contributed by atoms with Gasteiger partial charge in [-0.3, -0.25) is 0 Å². The number of aromatic nitrogens is 3. The van der Waals surface area contributed by atoms with Crippen LogP contribution in [0.4, 0.5) is 0 Å². The Balaban J connectivity index is 1.41. The third-order valence-electron chi connectivity index (χ3n) is 8.65. The summed E-state index contributed by atoms with van der Waals surface area (Å²) in [4.78, 5) is 9.53. The van der Waals surface area contributed by atoms with Crippen LogP contribution in [-0.4, -0.2) is 27.8 Å². The number of fused-ring (bicyclic) bond motifs is 3. The van der Waals surface area contributed by atoms with Crippen molar-refractivity contribution in [1.82, 2.24) is 14.5 Å². The maximum absolute atomic E-state index is 6.71. The Hall–Kier alpha value is -4.68. The van der Waals surface area contributed by atoms with Gasteiger partial charge < -0.3 is 0 Å². The van der Waals surface area contributed by atoms with Gasteiger partial charge in [-0.15, -0.1) is 0 Å². The Morgan fingerprint density at radius 3 is 2.13 bits per heavy atom. The van der Waals surface area contributed by atoms with Crippen molar-refractivity contribution in [3.05, 3.63) is 133 Å². The van der Waals surface area contributed by atoms with Gasteiger partial charge in [-0.1, -0.05) is 51.1 Å². The fourth-order valence-electron chi connectivity index (χ4n) is 6.04. The van der Waals surface area contributed by atoms with Crippen molar-refractivity contribution in [2.75, 3.05) is 0 Å². The second-order valence-corrected chi connectivity index (χ2v) is 24.7. The molecule has 0 spiro atoms. The van der Waals surface area contributed by atoms with Crippen LogP contribution in [-0.2, 0) is 5.41 Å². The van der Waals surface area contributed by atoms with Gasteiger partial charge in [-0.2, -0.15) is 0 Å². The summed E-state index contributed by atoms with van der Waals surface area (Å²) in [5, 5.41) is 2.35. The van der Waals surface area contributed by atoms with Crippen LogP contribution in [0.15, 0.2) is 128 Å². The second-order valence-electron chi connectivity index (χ2n) is 14.1. The van der Waals surface area contributed by atoms with Gasteiger partial charge in [0.25, 0.3) is 0 Å². The van der Waals surface area contributed by atoms with Crippen molar-refractivity contribution in [3.8, 4) is 39.7 Å². The van der Waals surface area contributed by atoms with Crippen molar-refractivity contribution in [2.45, 2.75) is 43.5 Å². The Kier molecular flexibility index (Phi) is 7.56. The molecule has 0 saturated carbocycles. The van der Waals surface area contributed by atoms with Gasteiger partial charge in [-0.05, 0) is 0 Å². The summed E-state index contributed by atoms with van der Waals surface area (Å²) < 4.78 is 10.4. The van der Waals surface area contributed by atoms with E-state index in [1.165, 1.54) is 26.5 Å². The van der Waals surface area contributed by atoms with Crippen molar-refractivity contribution < 1.29 is 4.74 Å². The van der Waals surface area contributed by atoms with Crippen LogP contribution in [0.1, 0.15) is 26.3 Å². The molecule has 0 aliphatic rings. The van der Waals surface area contributed by atoms with Gasteiger partial charge in [0, 0.05) is 0 Å². The molecule has 0 aliphatic heterocycles. The van der Waals surface area contributed by atoms with E-state index in [4.69, 9.17) is 9.72 Å². The van der Waals surface area contributed by atoms with Gasteiger partial charge in [-0.25, -0.2) is 0 Å². The molecular formula is C41H39GeN3O. The topological polar surface area (TPSA) is 39.9 Å². The monoisotopic (exact) mass is 663 g/mol. The van der Waals surface area contributed by atoms with Gasteiger partial charge in [0.15, 0.2) is 0 Å². The zero-order valence-electron chi connectivity index (χ0n) is 27.4. The summed E-state index contributed by atoms with van der Waals surface area (Å²) in [5.41, 5.74) is 7.85. The normalized spacial score (nSPS) is 12.1. The number of nitrogens with zero attached hydrogens (tertiary/aromatic N) is 3. The molecule has 0 fully saturated rings. The number of ether oxygens (including phenoxy) is 1. The van der Waals surface area contributed by atoms with E-state index in [0.717, 1.165) is 45.0 Å². The van der Waals surface area contributed by atoms with Crippen molar-refractivity contribution >= 4 is 39.5 Å². The third kappa shape index (κ3) is 5.85. The molecule has 7 rings (SSSR count). The molecule has 46 heavy (non-hydrogen) atoms. The van der Waals surface area contributed by atoms with Crippen LogP contribution in [0.3, 0.4) is 0 Å². The zero-order chi connectivity index (χ0) is 32.1. The molecule has 0 unspecified atom stereocenters. The Labute approximate surface area is 274 Å². The summed E-state index contributed by atoms with van der Waals surface area (Å²) in [6, 6.07) is 40.8. The van der Waals surface area contributed by atoms with Crippen LogP contribution >= 0.6 is 0 Å². The molecule has 4 aromatic carbocycles. The van der Waals surface area contributed by atoms with Gasteiger partial charge in [0.1, 0.15) is 0 Å². The van der Waals surface area contributed by atoms with E-state index in [2.05, 4.69) is 151 Å². The van der Waals surface area contributed by atoms with E-state index < -0.39 is 13.3 Å². The fraction of sp³-hybridized carbons (Fsp3) is 0.171. The molecule has 0 aliphatic carbocycles. The maximum atomic E-state index is 6.71. The van der Waals surface area contributed by atoms with E-state index in [9.17, 15) is 0 Å². The summed E-state index contributed by atoms with van der Waals surface area (Å²) in [6.45, 7) is 6.72. The minimum absolute atomic E-state index is 0.000930. The molecule has 0 N–H and O–H groups in total. The fourth-order valence-corrected chi connectivity index (χ4v) is 8.48. The SMILES string of the molecule is CC(C)(C)c1ccnc(-n2c3ccc(-c4ccccc4)cc3c3ccc(Oc4cc(-c5ccccn5)c[c]([Ge]([CH3])([CH3])[CH3])c4)cc32)c1. The molecular weight excluding hydrogens is 623 g/mol. The second kappa shape index (κ2) is 11.6. The minimum atomic E-state index is -2.19. The number of hydrogen-bond donors (Lipinski definition) is 0. The quantitative estimate of drug-likeness (QED) is 0.167. The molecule has 0 saturated heterocycles. The van der Waals surface area contributed by atoms with Crippen LogP contribution in [0.25, 0.3) is 50.0 Å². The van der Waals surface area contributed by atoms with Crippen molar-refractivity contribution in [1.29, 1.82) is 0 Å². The van der Waals surface area contributed by atoms with Crippen molar-refractivity contribution in [3.63, 3.8) is 0 Å². The molecule has 0 atom stereocenters. The first-order valence-electron chi connectivity index (χ1n) is 15.9. The van der Waals surface area contributed by atoms with E-state index >= 15 is 0 Å². The van der Waals surface area contributed by atoms with Gasteiger partial charge in [0.2, 0.25) is 0 Å². The number of pyridine rings is 2. The zero-order valence-corrected chi connectivity index (χ0v) is 29.5. The van der Waals surface area contributed by atoms with E-state index in [1.54, 1.807) is 0 Å². The molecule has 7 aromatic rings. The van der Waals surface area contributed by atoms with Gasteiger partial charge in [0.05, 0.1) is 0 Å².